The maximum absolute atomic E-state index is 10.9. The summed E-state index contributed by atoms with van der Waals surface area (Å²) in [4.78, 5) is 3.86. The Morgan fingerprint density at radius 3 is 3.08 bits per heavy atom. The van der Waals surface area contributed by atoms with E-state index in [1.165, 1.54) is 12.4 Å². The zero-order valence-corrected chi connectivity index (χ0v) is 6.82. The topological polar surface area (TPSA) is 39.8 Å². The van der Waals surface area contributed by atoms with Crippen molar-refractivity contribution in [1.82, 2.24) is 4.98 Å². The van der Waals surface area contributed by atoms with Gasteiger partial charge in [-0.05, 0) is 11.5 Å². The fourth-order valence-corrected chi connectivity index (χ4v) is 1.27. The Bertz CT molecular complexity index is 430. The highest BCUT2D eigenvalue weighted by atomic mass is 35.5. The summed E-state index contributed by atoms with van der Waals surface area (Å²) in [6, 6.07) is 3.51. The quantitative estimate of drug-likeness (QED) is 0.350. The molecule has 0 unspecified atom stereocenters. The standard InChI is InChI=1S/C8H5ClN2O/c9-8-7-5-11(12)4-2-6(7)1-3-10-8/h1-5H. The molecule has 0 atom stereocenters. The summed E-state index contributed by atoms with van der Waals surface area (Å²) in [6.07, 6.45) is 4.45. The third-order valence-electron chi connectivity index (χ3n) is 1.63. The fourth-order valence-electron chi connectivity index (χ4n) is 1.06. The normalized spacial score (nSPS) is 10.4. The molecule has 2 aromatic rings. The van der Waals surface area contributed by atoms with E-state index in [4.69, 9.17) is 11.6 Å². The number of hydrogen-bond acceptors (Lipinski definition) is 2. The molecule has 2 rings (SSSR count). The first kappa shape index (κ1) is 7.31. The molecule has 0 fully saturated rings. The van der Waals surface area contributed by atoms with Gasteiger partial charge in [0, 0.05) is 12.3 Å². The molecule has 0 N–H and O–H groups in total. The van der Waals surface area contributed by atoms with E-state index in [2.05, 4.69) is 4.98 Å². The molecule has 0 saturated carbocycles. The Balaban J connectivity index is 2.88. The zero-order valence-electron chi connectivity index (χ0n) is 6.07. The lowest BCUT2D eigenvalue weighted by Crippen LogP contribution is -2.23. The minimum absolute atomic E-state index is 0.359. The molecule has 2 aromatic heterocycles. The first-order valence-electron chi connectivity index (χ1n) is 3.40. The second kappa shape index (κ2) is 2.60. The van der Waals surface area contributed by atoms with Gasteiger partial charge < -0.3 is 5.21 Å². The van der Waals surface area contributed by atoms with Crippen LogP contribution in [0, 0.1) is 5.21 Å². The van der Waals surface area contributed by atoms with Crippen LogP contribution in [0.15, 0.2) is 30.7 Å². The maximum Gasteiger partial charge on any atom is 0.191 e. The van der Waals surface area contributed by atoms with Gasteiger partial charge in [0.05, 0.1) is 5.39 Å². The first-order valence-corrected chi connectivity index (χ1v) is 3.78. The third kappa shape index (κ3) is 1.08. The summed E-state index contributed by atoms with van der Waals surface area (Å²) in [7, 11) is 0. The van der Waals surface area contributed by atoms with Crippen molar-refractivity contribution < 1.29 is 4.73 Å². The lowest BCUT2D eigenvalue weighted by molar-refractivity contribution is -0.603. The van der Waals surface area contributed by atoms with Gasteiger partial charge >= 0.3 is 0 Å². The average molecular weight is 181 g/mol. The zero-order chi connectivity index (χ0) is 8.55. The van der Waals surface area contributed by atoms with Crippen molar-refractivity contribution in [1.29, 1.82) is 0 Å². The highest BCUT2D eigenvalue weighted by Crippen LogP contribution is 2.17. The Hall–Kier alpha value is -1.35. The van der Waals surface area contributed by atoms with Crippen molar-refractivity contribution in [3.63, 3.8) is 0 Å². The van der Waals surface area contributed by atoms with E-state index < -0.39 is 0 Å². The smallest absolute Gasteiger partial charge is 0.191 e. The third-order valence-corrected chi connectivity index (χ3v) is 1.93. The molecular formula is C8H5ClN2O. The number of rotatable bonds is 0. The largest absolute Gasteiger partial charge is 0.619 e. The summed E-state index contributed by atoms with van der Waals surface area (Å²) in [6.45, 7) is 0. The molecule has 0 aliphatic rings. The van der Waals surface area contributed by atoms with Crippen LogP contribution in [0.25, 0.3) is 10.8 Å². The first-order chi connectivity index (χ1) is 5.77. The lowest BCUT2D eigenvalue weighted by Gasteiger charge is -1.98. The van der Waals surface area contributed by atoms with Gasteiger partial charge in [0.15, 0.2) is 12.4 Å². The molecular weight excluding hydrogens is 176 g/mol. The maximum atomic E-state index is 10.9. The minimum Gasteiger partial charge on any atom is -0.619 e. The van der Waals surface area contributed by atoms with E-state index >= 15 is 0 Å². The molecule has 4 heteroatoms. The van der Waals surface area contributed by atoms with Crippen molar-refractivity contribution in [2.75, 3.05) is 0 Å². The number of aromatic nitrogens is 2. The van der Waals surface area contributed by atoms with E-state index in [1.54, 1.807) is 18.3 Å². The molecule has 0 amide bonds. The lowest BCUT2D eigenvalue weighted by atomic mass is 10.2. The highest BCUT2D eigenvalue weighted by Gasteiger charge is 2.01. The number of hydrogen-bond donors (Lipinski definition) is 0. The molecule has 0 radical (unpaired) electrons. The van der Waals surface area contributed by atoms with Gasteiger partial charge in [-0.3, -0.25) is 0 Å². The van der Waals surface area contributed by atoms with Gasteiger partial charge in [-0.15, -0.1) is 0 Å². The van der Waals surface area contributed by atoms with Crippen LogP contribution < -0.4 is 4.73 Å². The van der Waals surface area contributed by atoms with Gasteiger partial charge in [-0.25, -0.2) is 4.98 Å². The second-order valence-electron chi connectivity index (χ2n) is 2.41. The van der Waals surface area contributed by atoms with Crippen molar-refractivity contribution in [3.8, 4) is 0 Å². The van der Waals surface area contributed by atoms with Crippen molar-refractivity contribution >= 4 is 22.4 Å². The minimum atomic E-state index is 0.359. The predicted molar refractivity (Wildman–Crippen MR) is 45.7 cm³/mol. The summed E-state index contributed by atoms with van der Waals surface area (Å²) in [5.41, 5.74) is 0. The van der Waals surface area contributed by atoms with Crippen molar-refractivity contribution in [2.45, 2.75) is 0 Å². The Morgan fingerprint density at radius 2 is 2.25 bits per heavy atom. The molecule has 3 nitrogen and oxygen atoms in total. The molecule has 0 spiro atoms. The van der Waals surface area contributed by atoms with Gasteiger partial charge in [-0.1, -0.05) is 11.6 Å². The monoisotopic (exact) mass is 180 g/mol. The molecule has 0 aliphatic heterocycles. The van der Waals surface area contributed by atoms with Crippen LogP contribution in [-0.2, 0) is 0 Å². The molecule has 12 heavy (non-hydrogen) atoms. The Morgan fingerprint density at radius 1 is 1.42 bits per heavy atom. The predicted octanol–water partition coefficient (Wildman–Crippen LogP) is 1.52. The van der Waals surface area contributed by atoms with E-state index in [1.807, 2.05) is 0 Å². The number of fused-ring (bicyclic) bond motifs is 1. The van der Waals surface area contributed by atoms with Crippen LogP contribution in [0.1, 0.15) is 0 Å². The summed E-state index contributed by atoms with van der Waals surface area (Å²) >= 11 is 5.77. The highest BCUT2D eigenvalue weighted by molar-refractivity contribution is 6.34. The summed E-state index contributed by atoms with van der Waals surface area (Å²) in [5.74, 6) is 0. The Labute approximate surface area is 73.8 Å². The molecule has 0 bridgehead atoms. The van der Waals surface area contributed by atoms with E-state index in [0.29, 0.717) is 15.3 Å². The summed E-state index contributed by atoms with van der Waals surface area (Å²) < 4.78 is 0.704. The molecule has 0 saturated heterocycles. The van der Waals surface area contributed by atoms with Gasteiger partial charge in [0.2, 0.25) is 0 Å². The van der Waals surface area contributed by atoms with Crippen molar-refractivity contribution in [2.24, 2.45) is 0 Å². The van der Waals surface area contributed by atoms with Crippen LogP contribution in [0.2, 0.25) is 5.15 Å². The van der Waals surface area contributed by atoms with Crippen LogP contribution >= 0.6 is 11.6 Å². The molecule has 60 valence electrons. The summed E-state index contributed by atoms with van der Waals surface area (Å²) in [5, 5.41) is 12.8. The number of nitrogens with zero attached hydrogens (tertiary/aromatic N) is 2. The van der Waals surface area contributed by atoms with Crippen molar-refractivity contribution in [3.05, 3.63) is 41.1 Å². The van der Waals surface area contributed by atoms with Gasteiger partial charge in [0.25, 0.3) is 0 Å². The molecule has 0 aromatic carbocycles. The van der Waals surface area contributed by atoms with Crippen LogP contribution in [0.3, 0.4) is 0 Å². The van der Waals surface area contributed by atoms with Gasteiger partial charge in [-0.2, -0.15) is 4.73 Å². The van der Waals surface area contributed by atoms with Crippen LogP contribution in [0.5, 0.6) is 0 Å². The second-order valence-corrected chi connectivity index (χ2v) is 2.77. The van der Waals surface area contributed by atoms with E-state index in [9.17, 15) is 5.21 Å². The SMILES string of the molecule is [O-][n+]1ccc2ccnc(Cl)c2c1. The van der Waals surface area contributed by atoms with Crippen LogP contribution in [-0.4, -0.2) is 4.98 Å². The molecule has 0 aliphatic carbocycles. The fraction of sp³-hybridized carbons (Fsp3) is 0. The Kier molecular flexibility index (Phi) is 1.59. The van der Waals surface area contributed by atoms with E-state index in [-0.39, 0.29) is 0 Å². The molecule has 2 heterocycles. The van der Waals surface area contributed by atoms with Crippen LogP contribution in [0.4, 0.5) is 0 Å². The van der Waals surface area contributed by atoms with Gasteiger partial charge in [0.1, 0.15) is 5.15 Å². The van der Waals surface area contributed by atoms with E-state index in [0.717, 1.165) is 5.39 Å². The number of halogens is 1. The number of pyridine rings is 2. The average Bonchev–Trinajstić information content (AvgIpc) is 2.07.